The second-order valence-electron chi connectivity index (χ2n) is 5.47. The minimum absolute atomic E-state index is 0.271. The molecule has 0 aliphatic carbocycles. The molecule has 2 aromatic rings. The van der Waals surface area contributed by atoms with Crippen LogP contribution in [0.1, 0.15) is 29.8 Å². The Kier molecular flexibility index (Phi) is 6.14. The van der Waals surface area contributed by atoms with Gasteiger partial charge >= 0.3 is 0 Å². The highest BCUT2D eigenvalue weighted by Gasteiger charge is 2.10. The van der Waals surface area contributed by atoms with Crippen LogP contribution >= 0.6 is 11.6 Å². The van der Waals surface area contributed by atoms with Gasteiger partial charge in [-0.15, -0.1) is 0 Å². The van der Waals surface area contributed by atoms with Crippen molar-refractivity contribution in [2.24, 2.45) is 0 Å². The van der Waals surface area contributed by atoms with Gasteiger partial charge in [-0.2, -0.15) is 0 Å². The summed E-state index contributed by atoms with van der Waals surface area (Å²) < 4.78 is 0. The van der Waals surface area contributed by atoms with Crippen LogP contribution in [0.15, 0.2) is 42.5 Å². The molecule has 0 spiro atoms. The van der Waals surface area contributed by atoms with Gasteiger partial charge in [0.25, 0.3) is 5.91 Å². The van der Waals surface area contributed by atoms with Gasteiger partial charge in [-0.25, -0.2) is 0 Å². The molecule has 2 aromatic carbocycles. The Morgan fingerprint density at radius 2 is 1.40 bits per heavy atom. The van der Waals surface area contributed by atoms with Crippen molar-refractivity contribution < 1.29 is 14.4 Å². The maximum atomic E-state index is 12.4. The van der Waals surface area contributed by atoms with Crippen LogP contribution in [0.25, 0.3) is 0 Å². The highest BCUT2D eigenvalue weighted by molar-refractivity contribution is 6.30. The van der Waals surface area contributed by atoms with Gasteiger partial charge in [-0.3, -0.25) is 14.4 Å². The fraction of sp³-hybridized carbons (Fsp3) is 0.167. The molecule has 25 heavy (non-hydrogen) atoms. The van der Waals surface area contributed by atoms with E-state index in [0.29, 0.717) is 28.5 Å². The molecular weight excluding hydrogens is 342 g/mol. The molecule has 0 atom stereocenters. The van der Waals surface area contributed by atoms with E-state index in [1.54, 1.807) is 30.3 Å². The summed E-state index contributed by atoms with van der Waals surface area (Å²) in [7, 11) is 0. The van der Waals surface area contributed by atoms with E-state index in [0.717, 1.165) is 5.56 Å². The number of rotatable bonds is 5. The number of carbonyl (C=O) groups is 3. The van der Waals surface area contributed by atoms with Crippen LogP contribution in [0.3, 0.4) is 0 Å². The molecule has 0 aliphatic heterocycles. The molecule has 0 radical (unpaired) electrons. The fourth-order valence-electron chi connectivity index (χ4n) is 2.20. The number of halogens is 1. The highest BCUT2D eigenvalue weighted by atomic mass is 35.5. The average molecular weight is 360 g/mol. The van der Waals surface area contributed by atoms with Crippen LogP contribution in [0.4, 0.5) is 11.4 Å². The first-order valence-electron chi connectivity index (χ1n) is 7.56. The van der Waals surface area contributed by atoms with E-state index >= 15 is 0 Å². The van der Waals surface area contributed by atoms with E-state index in [4.69, 9.17) is 11.6 Å². The molecule has 7 heteroatoms. The van der Waals surface area contributed by atoms with Crippen LogP contribution in [-0.2, 0) is 16.1 Å². The zero-order valence-electron chi connectivity index (χ0n) is 13.9. The maximum Gasteiger partial charge on any atom is 0.251 e. The molecule has 2 rings (SSSR count). The van der Waals surface area contributed by atoms with Crippen LogP contribution in [0, 0.1) is 0 Å². The quantitative estimate of drug-likeness (QED) is 0.766. The largest absolute Gasteiger partial charge is 0.348 e. The van der Waals surface area contributed by atoms with E-state index in [-0.39, 0.29) is 17.7 Å². The third kappa shape index (κ3) is 5.93. The smallest absolute Gasteiger partial charge is 0.251 e. The Hall–Kier alpha value is -2.86. The molecule has 0 fully saturated rings. The Morgan fingerprint density at radius 3 is 1.88 bits per heavy atom. The summed E-state index contributed by atoms with van der Waals surface area (Å²) in [4.78, 5) is 34.9. The second kappa shape index (κ2) is 8.30. The molecule has 0 saturated carbocycles. The monoisotopic (exact) mass is 359 g/mol. The lowest BCUT2D eigenvalue weighted by Crippen LogP contribution is -2.23. The van der Waals surface area contributed by atoms with E-state index in [1.807, 2.05) is 12.1 Å². The van der Waals surface area contributed by atoms with Crippen molar-refractivity contribution >= 4 is 40.7 Å². The number of amides is 3. The second-order valence-corrected chi connectivity index (χ2v) is 5.91. The molecule has 6 nitrogen and oxygen atoms in total. The number of nitrogens with one attached hydrogen (secondary N) is 3. The Morgan fingerprint density at radius 1 is 0.880 bits per heavy atom. The first-order chi connectivity index (χ1) is 11.8. The van der Waals surface area contributed by atoms with E-state index in [2.05, 4.69) is 16.0 Å². The molecule has 0 aromatic heterocycles. The van der Waals surface area contributed by atoms with Gasteiger partial charge < -0.3 is 16.0 Å². The Labute approximate surface area is 150 Å². The van der Waals surface area contributed by atoms with Gasteiger partial charge in [0, 0.05) is 42.4 Å². The predicted molar refractivity (Wildman–Crippen MR) is 97.7 cm³/mol. The Balaban J connectivity index is 2.16. The third-order valence-electron chi connectivity index (χ3n) is 3.20. The molecule has 0 heterocycles. The predicted octanol–water partition coefficient (Wildman–Crippen LogP) is 3.19. The zero-order chi connectivity index (χ0) is 18.4. The van der Waals surface area contributed by atoms with Crippen LogP contribution in [0.5, 0.6) is 0 Å². The van der Waals surface area contributed by atoms with E-state index in [9.17, 15) is 14.4 Å². The highest BCUT2D eigenvalue weighted by Crippen LogP contribution is 2.19. The van der Waals surface area contributed by atoms with Gasteiger partial charge in [0.2, 0.25) is 11.8 Å². The lowest BCUT2D eigenvalue weighted by Gasteiger charge is -2.11. The van der Waals surface area contributed by atoms with Crippen LogP contribution < -0.4 is 16.0 Å². The number of hydrogen-bond acceptors (Lipinski definition) is 3. The summed E-state index contributed by atoms with van der Waals surface area (Å²) in [5.41, 5.74) is 2.08. The van der Waals surface area contributed by atoms with Crippen molar-refractivity contribution in [1.82, 2.24) is 5.32 Å². The molecule has 3 amide bonds. The number of carbonyl (C=O) groups excluding carboxylic acids is 3. The average Bonchev–Trinajstić information content (AvgIpc) is 2.52. The molecule has 0 unspecified atom stereocenters. The molecule has 0 aliphatic rings. The third-order valence-corrected chi connectivity index (χ3v) is 3.45. The maximum absolute atomic E-state index is 12.4. The van der Waals surface area contributed by atoms with Gasteiger partial charge in [-0.1, -0.05) is 23.7 Å². The van der Waals surface area contributed by atoms with Gasteiger partial charge in [0.05, 0.1) is 0 Å². The summed E-state index contributed by atoms with van der Waals surface area (Å²) in [6, 6.07) is 11.8. The first-order valence-corrected chi connectivity index (χ1v) is 7.94. The van der Waals surface area contributed by atoms with Crippen molar-refractivity contribution in [2.75, 3.05) is 10.6 Å². The van der Waals surface area contributed by atoms with Crippen molar-refractivity contribution in [1.29, 1.82) is 0 Å². The minimum atomic E-state index is -0.325. The van der Waals surface area contributed by atoms with Crippen molar-refractivity contribution in [3.63, 3.8) is 0 Å². The number of benzene rings is 2. The minimum Gasteiger partial charge on any atom is -0.348 e. The number of hydrogen-bond donors (Lipinski definition) is 3. The molecular formula is C18H18ClN3O3. The normalized spacial score (nSPS) is 10.0. The van der Waals surface area contributed by atoms with E-state index in [1.165, 1.54) is 13.8 Å². The molecule has 0 bridgehead atoms. The van der Waals surface area contributed by atoms with Crippen molar-refractivity contribution in [3.8, 4) is 0 Å². The Bertz CT molecular complexity index is 769. The van der Waals surface area contributed by atoms with Crippen LogP contribution in [0.2, 0.25) is 5.02 Å². The van der Waals surface area contributed by atoms with Crippen LogP contribution in [-0.4, -0.2) is 17.7 Å². The molecule has 3 N–H and O–H groups in total. The molecule has 130 valence electrons. The summed E-state index contributed by atoms with van der Waals surface area (Å²) in [6.07, 6.45) is 0. The molecule has 0 saturated heterocycles. The van der Waals surface area contributed by atoms with Crippen molar-refractivity contribution in [2.45, 2.75) is 20.4 Å². The number of anilines is 2. The summed E-state index contributed by atoms with van der Waals surface area (Å²) in [6.45, 7) is 3.06. The lowest BCUT2D eigenvalue weighted by atomic mass is 10.1. The summed E-state index contributed by atoms with van der Waals surface area (Å²) in [5, 5.41) is 8.63. The van der Waals surface area contributed by atoms with E-state index < -0.39 is 0 Å². The summed E-state index contributed by atoms with van der Waals surface area (Å²) >= 11 is 5.83. The lowest BCUT2D eigenvalue weighted by molar-refractivity contribution is -0.115. The zero-order valence-corrected chi connectivity index (χ0v) is 14.6. The van der Waals surface area contributed by atoms with Gasteiger partial charge in [0.1, 0.15) is 0 Å². The van der Waals surface area contributed by atoms with Crippen molar-refractivity contribution in [3.05, 3.63) is 58.6 Å². The fourth-order valence-corrected chi connectivity index (χ4v) is 2.32. The topological polar surface area (TPSA) is 87.3 Å². The summed E-state index contributed by atoms with van der Waals surface area (Å²) in [5.74, 6) is -0.867. The standard InChI is InChI=1S/C18H18ClN3O3/c1-11(23)21-16-7-14(8-17(9-16)22-12(2)24)18(25)20-10-13-3-5-15(19)6-4-13/h3-9H,10H2,1-2H3,(H,20,25)(H,21,23)(H,22,24). The van der Waals surface area contributed by atoms with Gasteiger partial charge in [0.15, 0.2) is 0 Å². The van der Waals surface area contributed by atoms with Gasteiger partial charge in [-0.05, 0) is 35.9 Å². The SMILES string of the molecule is CC(=O)Nc1cc(NC(C)=O)cc(C(=O)NCc2ccc(Cl)cc2)c1. The first kappa shape index (κ1) is 18.5.